The van der Waals surface area contributed by atoms with Crippen LogP contribution in [0.15, 0.2) is 23.6 Å². The fourth-order valence-corrected chi connectivity index (χ4v) is 3.36. The van der Waals surface area contributed by atoms with Gasteiger partial charge in [-0.15, -0.1) is 11.3 Å². The number of primary amides is 1. The van der Waals surface area contributed by atoms with E-state index in [-0.39, 0.29) is 12.5 Å². The maximum Gasteiger partial charge on any atom is 0.231 e. The quantitative estimate of drug-likeness (QED) is 0.702. The molecule has 0 bridgehead atoms. The molecule has 2 N–H and O–H groups in total. The zero-order valence-corrected chi connectivity index (χ0v) is 15.8. The van der Waals surface area contributed by atoms with E-state index in [1.54, 1.807) is 25.6 Å². The van der Waals surface area contributed by atoms with E-state index in [9.17, 15) is 4.79 Å². The molecule has 0 saturated carbocycles. The van der Waals surface area contributed by atoms with E-state index in [0.717, 1.165) is 47.2 Å². The summed E-state index contributed by atoms with van der Waals surface area (Å²) >= 11 is 1.56. The highest BCUT2D eigenvalue weighted by molar-refractivity contribution is 7.13. The van der Waals surface area contributed by atoms with Gasteiger partial charge in [-0.05, 0) is 25.1 Å². The third-order valence-corrected chi connectivity index (χ3v) is 4.71. The highest BCUT2D eigenvalue weighted by Crippen LogP contribution is 2.35. The highest BCUT2D eigenvalue weighted by atomic mass is 32.1. The van der Waals surface area contributed by atoms with Crippen molar-refractivity contribution >= 4 is 17.2 Å². The summed E-state index contributed by atoms with van der Waals surface area (Å²) in [5.74, 6) is 1.15. The van der Waals surface area contributed by atoms with Gasteiger partial charge in [0.1, 0.15) is 16.5 Å². The van der Waals surface area contributed by atoms with Crippen LogP contribution in [0.5, 0.6) is 11.5 Å². The third-order valence-electron chi connectivity index (χ3n) is 3.78. The molecule has 0 radical (unpaired) electrons. The number of benzene rings is 1. The predicted octanol–water partition coefficient (Wildman–Crippen LogP) is 2.91. The van der Waals surface area contributed by atoms with Crippen molar-refractivity contribution in [3.63, 3.8) is 0 Å². The first-order chi connectivity index (χ1) is 12.1. The van der Waals surface area contributed by atoms with Gasteiger partial charge in [0.15, 0.2) is 0 Å². The monoisotopic (exact) mass is 363 g/mol. The number of unbranched alkanes of at least 4 members (excludes halogenated alkanes) is 1. The van der Waals surface area contributed by atoms with Gasteiger partial charge in [-0.2, -0.15) is 0 Å². The van der Waals surface area contributed by atoms with Crippen molar-refractivity contribution in [2.24, 2.45) is 5.73 Å². The Kier molecular flexibility index (Phi) is 7.21. The minimum atomic E-state index is -0.316. The lowest BCUT2D eigenvalue weighted by Gasteiger charge is -2.19. The number of nitrogens with two attached hydrogens (primary N) is 1. The number of hydrogen-bond donors (Lipinski definition) is 1. The minimum Gasteiger partial charge on any atom is -0.497 e. The number of thiazole rings is 1. The second kappa shape index (κ2) is 9.39. The standard InChI is InChI=1S/C18H25N3O3S/c1-4-5-8-21(11-17(19)22)10-13-12-25-18(20-13)15-7-6-14(23-2)9-16(15)24-3/h6-7,9,12H,4-5,8,10-11H2,1-3H3,(H2,19,22). The first-order valence-electron chi connectivity index (χ1n) is 8.24. The van der Waals surface area contributed by atoms with Crippen LogP contribution in [-0.4, -0.2) is 43.1 Å². The van der Waals surface area contributed by atoms with Crippen molar-refractivity contribution in [3.05, 3.63) is 29.3 Å². The second-order valence-corrected chi connectivity index (χ2v) is 6.60. The first-order valence-corrected chi connectivity index (χ1v) is 9.12. The Hall–Kier alpha value is -2.12. The van der Waals surface area contributed by atoms with E-state index in [4.69, 9.17) is 20.2 Å². The molecule has 0 atom stereocenters. The molecule has 1 aromatic carbocycles. The molecule has 0 aliphatic rings. The smallest absolute Gasteiger partial charge is 0.231 e. The average Bonchev–Trinajstić information content (AvgIpc) is 3.06. The van der Waals surface area contributed by atoms with Crippen molar-refractivity contribution in [1.29, 1.82) is 0 Å². The van der Waals surface area contributed by atoms with E-state index in [0.29, 0.717) is 6.54 Å². The fourth-order valence-electron chi connectivity index (χ4n) is 2.52. The highest BCUT2D eigenvalue weighted by Gasteiger charge is 2.14. The Morgan fingerprint density at radius 1 is 1.32 bits per heavy atom. The first kappa shape index (κ1) is 19.2. The lowest BCUT2D eigenvalue weighted by atomic mass is 10.2. The van der Waals surface area contributed by atoms with Crippen molar-refractivity contribution < 1.29 is 14.3 Å². The summed E-state index contributed by atoms with van der Waals surface area (Å²) in [6, 6.07) is 5.68. The lowest BCUT2D eigenvalue weighted by Crippen LogP contribution is -2.34. The summed E-state index contributed by atoms with van der Waals surface area (Å²) in [6.45, 7) is 3.81. The fraction of sp³-hybridized carbons (Fsp3) is 0.444. The van der Waals surface area contributed by atoms with Crippen molar-refractivity contribution in [3.8, 4) is 22.1 Å². The molecule has 2 aromatic rings. The molecule has 2 rings (SSSR count). The number of hydrogen-bond acceptors (Lipinski definition) is 6. The molecule has 7 heteroatoms. The van der Waals surface area contributed by atoms with Crippen molar-refractivity contribution in [2.75, 3.05) is 27.3 Å². The molecule has 0 fully saturated rings. The van der Waals surface area contributed by atoms with Gasteiger partial charge in [0, 0.05) is 18.0 Å². The van der Waals surface area contributed by atoms with Crippen LogP contribution in [0.1, 0.15) is 25.5 Å². The van der Waals surface area contributed by atoms with Gasteiger partial charge in [-0.3, -0.25) is 9.69 Å². The minimum absolute atomic E-state index is 0.249. The van der Waals surface area contributed by atoms with Crippen LogP contribution in [0.25, 0.3) is 10.6 Å². The van der Waals surface area contributed by atoms with Crippen LogP contribution in [0.3, 0.4) is 0 Å². The zero-order valence-electron chi connectivity index (χ0n) is 14.9. The van der Waals surface area contributed by atoms with E-state index in [1.807, 2.05) is 28.5 Å². The van der Waals surface area contributed by atoms with Crippen LogP contribution < -0.4 is 15.2 Å². The lowest BCUT2D eigenvalue weighted by molar-refractivity contribution is -0.119. The number of carbonyl (C=O) groups is 1. The Balaban J connectivity index is 2.17. The summed E-state index contributed by atoms with van der Waals surface area (Å²) in [5, 5.41) is 2.89. The maximum absolute atomic E-state index is 11.3. The molecule has 0 unspecified atom stereocenters. The number of carbonyl (C=O) groups excluding carboxylic acids is 1. The summed E-state index contributed by atoms with van der Waals surface area (Å²) in [6.07, 6.45) is 2.09. The molecule has 25 heavy (non-hydrogen) atoms. The largest absolute Gasteiger partial charge is 0.497 e. The van der Waals surface area contributed by atoms with E-state index < -0.39 is 0 Å². The molecular weight excluding hydrogens is 338 g/mol. The summed E-state index contributed by atoms with van der Waals surface area (Å²) in [4.78, 5) is 18.0. The molecule has 136 valence electrons. The van der Waals surface area contributed by atoms with E-state index in [1.165, 1.54) is 0 Å². The van der Waals surface area contributed by atoms with Gasteiger partial charge in [0.2, 0.25) is 5.91 Å². The number of rotatable bonds is 10. The van der Waals surface area contributed by atoms with Gasteiger partial charge >= 0.3 is 0 Å². The molecule has 0 aliphatic carbocycles. The van der Waals surface area contributed by atoms with Gasteiger partial charge in [-0.25, -0.2) is 4.98 Å². The topological polar surface area (TPSA) is 77.7 Å². The van der Waals surface area contributed by atoms with Crippen molar-refractivity contribution in [1.82, 2.24) is 9.88 Å². The number of methoxy groups -OCH3 is 2. The third kappa shape index (κ3) is 5.44. The van der Waals surface area contributed by atoms with Crippen LogP contribution in [0, 0.1) is 0 Å². The second-order valence-electron chi connectivity index (χ2n) is 5.74. The van der Waals surface area contributed by atoms with Crippen LogP contribution in [0.2, 0.25) is 0 Å². The van der Waals surface area contributed by atoms with E-state index in [2.05, 4.69) is 6.92 Å². The zero-order chi connectivity index (χ0) is 18.2. The number of aromatic nitrogens is 1. The maximum atomic E-state index is 11.3. The summed E-state index contributed by atoms with van der Waals surface area (Å²) in [7, 11) is 3.26. The van der Waals surface area contributed by atoms with Gasteiger partial charge < -0.3 is 15.2 Å². The molecule has 0 saturated heterocycles. The number of amides is 1. The van der Waals surface area contributed by atoms with Crippen molar-refractivity contribution in [2.45, 2.75) is 26.3 Å². The molecule has 6 nitrogen and oxygen atoms in total. The molecule has 1 amide bonds. The Morgan fingerprint density at radius 3 is 2.76 bits per heavy atom. The average molecular weight is 363 g/mol. The molecule has 1 aromatic heterocycles. The number of ether oxygens (including phenoxy) is 2. The molecular formula is C18H25N3O3S. The van der Waals surface area contributed by atoms with Crippen LogP contribution >= 0.6 is 11.3 Å². The van der Waals surface area contributed by atoms with Gasteiger partial charge in [0.05, 0.1) is 32.0 Å². The van der Waals surface area contributed by atoms with Crippen LogP contribution in [-0.2, 0) is 11.3 Å². The SMILES string of the molecule is CCCCN(CC(N)=O)Cc1csc(-c2ccc(OC)cc2OC)n1. The van der Waals surface area contributed by atoms with Crippen LogP contribution in [0.4, 0.5) is 0 Å². The van der Waals surface area contributed by atoms with Gasteiger partial charge in [-0.1, -0.05) is 13.3 Å². The summed E-state index contributed by atoms with van der Waals surface area (Å²) in [5.41, 5.74) is 7.21. The normalized spacial score (nSPS) is 10.9. The molecule has 1 heterocycles. The Morgan fingerprint density at radius 2 is 2.12 bits per heavy atom. The Bertz CT molecular complexity index is 703. The molecule has 0 spiro atoms. The predicted molar refractivity (Wildman–Crippen MR) is 100 cm³/mol. The molecule has 0 aliphatic heterocycles. The summed E-state index contributed by atoms with van der Waals surface area (Å²) < 4.78 is 10.7. The Labute approximate surface area is 152 Å². The van der Waals surface area contributed by atoms with Gasteiger partial charge in [0.25, 0.3) is 0 Å². The van der Waals surface area contributed by atoms with E-state index >= 15 is 0 Å². The number of nitrogens with zero attached hydrogens (tertiary/aromatic N) is 2.